The van der Waals surface area contributed by atoms with Crippen LogP contribution in [0, 0.1) is 12.3 Å². The lowest BCUT2D eigenvalue weighted by Gasteiger charge is -2.08. The topological polar surface area (TPSA) is 69.0 Å². The summed E-state index contributed by atoms with van der Waals surface area (Å²) in [5.74, 6) is 4.05. The zero-order valence-electron chi connectivity index (χ0n) is 13.1. The van der Waals surface area contributed by atoms with Gasteiger partial charge in [0.15, 0.2) is 11.0 Å². The van der Waals surface area contributed by atoms with Gasteiger partial charge in [-0.1, -0.05) is 17.7 Å². The molecule has 7 heteroatoms. The van der Waals surface area contributed by atoms with Gasteiger partial charge in [0.25, 0.3) is 0 Å². The minimum Gasteiger partial charge on any atom is -0.497 e. The number of benzene rings is 1. The first-order chi connectivity index (χ1) is 11.2. The molecule has 1 heterocycles. The van der Waals surface area contributed by atoms with Crippen LogP contribution >= 0.6 is 11.8 Å². The zero-order valence-corrected chi connectivity index (χ0v) is 13.9. The van der Waals surface area contributed by atoms with E-state index in [0.29, 0.717) is 11.7 Å². The van der Waals surface area contributed by atoms with Gasteiger partial charge in [0.1, 0.15) is 5.75 Å². The van der Waals surface area contributed by atoms with E-state index >= 15 is 0 Å². The molecular weight excluding hydrogens is 312 g/mol. The van der Waals surface area contributed by atoms with Crippen molar-refractivity contribution in [2.45, 2.75) is 18.6 Å². The largest absolute Gasteiger partial charge is 0.497 e. The molecule has 23 heavy (non-hydrogen) atoms. The molecule has 0 aliphatic carbocycles. The van der Waals surface area contributed by atoms with E-state index in [-0.39, 0.29) is 18.2 Å². The van der Waals surface area contributed by atoms with Crippen LogP contribution < -0.4 is 10.1 Å². The highest BCUT2D eigenvalue weighted by Gasteiger charge is 2.14. The van der Waals surface area contributed by atoms with Crippen LogP contribution in [0.3, 0.4) is 0 Å². The van der Waals surface area contributed by atoms with E-state index in [4.69, 9.17) is 11.2 Å². The second-order valence-corrected chi connectivity index (χ2v) is 5.49. The first-order valence-electron chi connectivity index (χ1n) is 7.10. The van der Waals surface area contributed by atoms with E-state index in [1.807, 2.05) is 35.8 Å². The summed E-state index contributed by atoms with van der Waals surface area (Å²) in [6.07, 6.45) is 5.11. The number of amides is 1. The Morgan fingerprint density at radius 2 is 2.13 bits per heavy atom. The third-order valence-corrected chi connectivity index (χ3v) is 4.07. The van der Waals surface area contributed by atoms with Crippen molar-refractivity contribution >= 4 is 17.7 Å². The summed E-state index contributed by atoms with van der Waals surface area (Å²) in [5, 5.41) is 11.7. The van der Waals surface area contributed by atoms with Crippen LogP contribution in [-0.2, 0) is 11.3 Å². The van der Waals surface area contributed by atoms with Crippen LogP contribution in [0.25, 0.3) is 11.4 Å². The van der Waals surface area contributed by atoms with Gasteiger partial charge in [-0.05, 0) is 31.2 Å². The molecule has 120 valence electrons. The predicted molar refractivity (Wildman–Crippen MR) is 90.3 cm³/mol. The van der Waals surface area contributed by atoms with Crippen molar-refractivity contribution in [2.24, 2.45) is 0 Å². The summed E-state index contributed by atoms with van der Waals surface area (Å²) < 4.78 is 7.13. The Hall–Kier alpha value is -2.46. The van der Waals surface area contributed by atoms with Gasteiger partial charge in [-0.15, -0.1) is 16.6 Å². The number of thioether (sulfide) groups is 1. The van der Waals surface area contributed by atoms with Gasteiger partial charge in [0.05, 0.1) is 19.4 Å². The summed E-state index contributed by atoms with van der Waals surface area (Å²) in [6.45, 7) is 2.96. The van der Waals surface area contributed by atoms with Gasteiger partial charge in [0, 0.05) is 12.1 Å². The van der Waals surface area contributed by atoms with E-state index < -0.39 is 0 Å². The first-order valence-corrected chi connectivity index (χ1v) is 8.08. The van der Waals surface area contributed by atoms with Gasteiger partial charge in [-0.2, -0.15) is 0 Å². The first kappa shape index (κ1) is 16.9. The minimum absolute atomic E-state index is 0.121. The van der Waals surface area contributed by atoms with Crippen molar-refractivity contribution in [1.29, 1.82) is 0 Å². The number of terminal acetylenes is 1. The Labute approximate surface area is 139 Å². The van der Waals surface area contributed by atoms with Gasteiger partial charge < -0.3 is 14.6 Å². The Balaban J connectivity index is 2.12. The molecule has 0 aliphatic heterocycles. The van der Waals surface area contributed by atoms with Crippen LogP contribution in [0.5, 0.6) is 5.75 Å². The van der Waals surface area contributed by atoms with Crippen LogP contribution in [0.15, 0.2) is 29.4 Å². The van der Waals surface area contributed by atoms with E-state index in [0.717, 1.165) is 17.1 Å². The molecule has 2 aromatic rings. The van der Waals surface area contributed by atoms with E-state index in [9.17, 15) is 4.79 Å². The third kappa shape index (κ3) is 4.27. The molecule has 0 atom stereocenters. The molecule has 1 amide bonds. The van der Waals surface area contributed by atoms with E-state index in [1.165, 1.54) is 11.8 Å². The van der Waals surface area contributed by atoms with Crippen molar-refractivity contribution in [3.8, 4) is 29.5 Å². The van der Waals surface area contributed by atoms with Crippen LogP contribution in [0.2, 0.25) is 0 Å². The quantitative estimate of drug-likeness (QED) is 0.619. The minimum atomic E-state index is -0.121. The maximum Gasteiger partial charge on any atom is 0.231 e. The number of hydrogen-bond acceptors (Lipinski definition) is 5. The van der Waals surface area contributed by atoms with Gasteiger partial charge in [0.2, 0.25) is 5.91 Å². The maximum atomic E-state index is 11.6. The highest BCUT2D eigenvalue weighted by Crippen LogP contribution is 2.25. The molecule has 1 aromatic heterocycles. The van der Waals surface area contributed by atoms with Crippen LogP contribution in [-0.4, -0.2) is 40.1 Å². The molecule has 0 saturated carbocycles. The lowest BCUT2D eigenvalue weighted by atomic mass is 10.2. The molecule has 1 N–H and O–H groups in total. The van der Waals surface area contributed by atoms with Gasteiger partial charge in [-0.3, -0.25) is 4.79 Å². The molecule has 0 saturated heterocycles. The Morgan fingerprint density at radius 1 is 1.39 bits per heavy atom. The van der Waals surface area contributed by atoms with Crippen molar-refractivity contribution in [1.82, 2.24) is 20.1 Å². The van der Waals surface area contributed by atoms with E-state index in [1.54, 1.807) is 7.11 Å². The zero-order chi connectivity index (χ0) is 16.7. The number of hydrogen-bond donors (Lipinski definition) is 1. The number of carbonyl (C=O) groups excluding carboxylic acids is 1. The fourth-order valence-electron chi connectivity index (χ4n) is 1.96. The SMILES string of the molecule is C#CCNC(=O)CSc1nnc(-c2ccc(OC)cc2)n1CC. The smallest absolute Gasteiger partial charge is 0.231 e. The summed E-state index contributed by atoms with van der Waals surface area (Å²) in [5.41, 5.74) is 0.948. The highest BCUT2D eigenvalue weighted by molar-refractivity contribution is 7.99. The standard InChI is InChI=1S/C16H18N4O2S/c1-4-10-17-14(21)11-23-16-19-18-15(20(16)5-2)12-6-8-13(22-3)9-7-12/h1,6-9H,5,10-11H2,2-3H3,(H,17,21). The van der Waals surface area contributed by atoms with Gasteiger partial charge in [-0.25, -0.2) is 0 Å². The maximum absolute atomic E-state index is 11.6. The van der Waals surface area contributed by atoms with E-state index in [2.05, 4.69) is 21.4 Å². The fraction of sp³-hybridized carbons (Fsp3) is 0.312. The third-order valence-electron chi connectivity index (χ3n) is 3.10. The van der Waals surface area contributed by atoms with Crippen LogP contribution in [0.4, 0.5) is 0 Å². The number of rotatable bonds is 7. The molecular formula is C16H18N4O2S. The van der Waals surface area contributed by atoms with Crippen LogP contribution in [0.1, 0.15) is 6.92 Å². The summed E-state index contributed by atoms with van der Waals surface area (Å²) in [6, 6.07) is 7.63. The lowest BCUT2D eigenvalue weighted by molar-refractivity contribution is -0.118. The second-order valence-electron chi connectivity index (χ2n) is 4.55. The fourth-order valence-corrected chi connectivity index (χ4v) is 2.80. The molecule has 6 nitrogen and oxygen atoms in total. The summed E-state index contributed by atoms with van der Waals surface area (Å²) >= 11 is 1.34. The molecule has 0 bridgehead atoms. The number of aromatic nitrogens is 3. The van der Waals surface area contributed by atoms with Crippen molar-refractivity contribution in [3.05, 3.63) is 24.3 Å². The number of ether oxygens (including phenoxy) is 1. The molecule has 1 aromatic carbocycles. The molecule has 0 spiro atoms. The Kier molecular flexibility index (Phi) is 6.06. The molecule has 2 rings (SSSR count). The van der Waals surface area contributed by atoms with Gasteiger partial charge >= 0.3 is 0 Å². The molecule has 0 radical (unpaired) electrons. The van der Waals surface area contributed by atoms with Crippen molar-refractivity contribution in [3.63, 3.8) is 0 Å². The number of nitrogens with one attached hydrogen (secondary N) is 1. The Morgan fingerprint density at radius 3 is 2.74 bits per heavy atom. The molecule has 0 unspecified atom stereocenters. The summed E-state index contributed by atoms with van der Waals surface area (Å²) in [7, 11) is 1.63. The lowest BCUT2D eigenvalue weighted by Crippen LogP contribution is -2.25. The number of nitrogens with zero attached hydrogens (tertiary/aromatic N) is 3. The number of carbonyl (C=O) groups is 1. The summed E-state index contributed by atoms with van der Waals surface area (Å²) in [4.78, 5) is 11.6. The average Bonchev–Trinajstić information content (AvgIpc) is 3.01. The highest BCUT2D eigenvalue weighted by atomic mass is 32.2. The molecule has 0 aliphatic rings. The number of methoxy groups -OCH3 is 1. The molecule has 0 fully saturated rings. The average molecular weight is 330 g/mol. The normalized spacial score (nSPS) is 10.1. The predicted octanol–water partition coefficient (Wildman–Crippen LogP) is 1.82. The monoisotopic (exact) mass is 330 g/mol. The van der Waals surface area contributed by atoms with Crippen molar-refractivity contribution in [2.75, 3.05) is 19.4 Å². The van der Waals surface area contributed by atoms with Crippen molar-refractivity contribution < 1.29 is 9.53 Å². The Bertz CT molecular complexity index is 704. The second kappa shape index (κ2) is 8.25.